The highest BCUT2D eigenvalue weighted by molar-refractivity contribution is 5.31. The van der Waals surface area contributed by atoms with Gasteiger partial charge in [-0.25, -0.2) is 9.07 Å². The molecule has 0 radical (unpaired) electrons. The normalized spacial score (nSPS) is 23.5. The Bertz CT molecular complexity index is 834. The van der Waals surface area contributed by atoms with Crippen LogP contribution in [0.3, 0.4) is 0 Å². The lowest BCUT2D eigenvalue weighted by atomic mass is 9.94. The van der Waals surface area contributed by atoms with Gasteiger partial charge in [-0.2, -0.15) is 5.10 Å². The first-order valence-electron chi connectivity index (χ1n) is 12.6. The van der Waals surface area contributed by atoms with Crippen molar-refractivity contribution in [3.05, 3.63) is 48.0 Å². The van der Waals surface area contributed by atoms with Gasteiger partial charge in [0.05, 0.1) is 18.0 Å². The Hall–Kier alpha value is -1.76. The number of likely N-dealkylation sites (tertiary alicyclic amines) is 1. The van der Waals surface area contributed by atoms with Crippen LogP contribution in [0.1, 0.15) is 56.9 Å². The summed E-state index contributed by atoms with van der Waals surface area (Å²) in [5.41, 5.74) is 2.10. The SMILES string of the molecule is Fc1ccc(-n2cc(CN(CC3CCN(C4CCCC4)CC3)CC3CCCO3)cn2)cc1. The standard InChI is InChI=1S/C26H37FN4O/c27-23-7-9-25(10-8-23)31-19-22(16-28-31)18-29(20-26-6-3-15-32-26)17-21-11-13-30(14-12-21)24-4-1-2-5-24/h7-10,16,19,21,24,26H,1-6,11-15,17-18,20H2. The summed E-state index contributed by atoms with van der Waals surface area (Å²) in [4.78, 5) is 5.36. The van der Waals surface area contributed by atoms with E-state index in [4.69, 9.17) is 4.74 Å². The molecule has 0 bridgehead atoms. The number of hydrogen-bond acceptors (Lipinski definition) is 4. The fourth-order valence-corrected chi connectivity index (χ4v) is 5.85. The van der Waals surface area contributed by atoms with Crippen LogP contribution in [0.25, 0.3) is 5.69 Å². The number of halogens is 1. The third kappa shape index (κ3) is 5.59. The Labute approximate surface area is 191 Å². The molecule has 2 aromatic rings. The maximum atomic E-state index is 13.3. The molecule has 0 N–H and O–H groups in total. The van der Waals surface area contributed by atoms with Crippen molar-refractivity contribution < 1.29 is 9.13 Å². The topological polar surface area (TPSA) is 33.5 Å². The second kappa shape index (κ2) is 10.4. The Morgan fingerprint density at radius 1 is 0.969 bits per heavy atom. The quantitative estimate of drug-likeness (QED) is 0.599. The smallest absolute Gasteiger partial charge is 0.123 e. The molecule has 32 heavy (non-hydrogen) atoms. The second-order valence-electron chi connectivity index (χ2n) is 10.0. The minimum absolute atomic E-state index is 0.220. The first-order valence-corrected chi connectivity index (χ1v) is 12.6. The second-order valence-corrected chi connectivity index (χ2v) is 10.0. The summed E-state index contributed by atoms with van der Waals surface area (Å²) in [6, 6.07) is 7.37. The van der Waals surface area contributed by atoms with Crippen molar-refractivity contribution in [2.24, 2.45) is 5.92 Å². The Morgan fingerprint density at radius 3 is 2.47 bits per heavy atom. The molecule has 0 amide bonds. The van der Waals surface area contributed by atoms with Crippen molar-refractivity contribution >= 4 is 0 Å². The van der Waals surface area contributed by atoms with Crippen LogP contribution in [0.15, 0.2) is 36.7 Å². The minimum atomic E-state index is -0.220. The zero-order valence-electron chi connectivity index (χ0n) is 19.2. The third-order valence-electron chi connectivity index (χ3n) is 7.63. The van der Waals surface area contributed by atoms with E-state index in [-0.39, 0.29) is 5.82 Å². The monoisotopic (exact) mass is 440 g/mol. The molecule has 1 aliphatic carbocycles. The highest BCUT2D eigenvalue weighted by Crippen LogP contribution is 2.28. The summed E-state index contributed by atoms with van der Waals surface area (Å²) in [6.07, 6.45) is 15.0. The molecule has 1 unspecified atom stereocenters. The molecule has 2 saturated heterocycles. The van der Waals surface area contributed by atoms with Crippen LogP contribution in [0.4, 0.5) is 4.39 Å². The number of aromatic nitrogens is 2. The number of ether oxygens (including phenoxy) is 1. The van der Waals surface area contributed by atoms with Crippen LogP contribution < -0.4 is 0 Å². The maximum Gasteiger partial charge on any atom is 0.123 e. The molecule has 6 heteroatoms. The first kappa shape index (κ1) is 22.1. The maximum absolute atomic E-state index is 13.3. The van der Waals surface area contributed by atoms with Gasteiger partial charge in [0.1, 0.15) is 5.82 Å². The van der Waals surface area contributed by atoms with Gasteiger partial charge in [-0.1, -0.05) is 12.8 Å². The molecule has 5 nitrogen and oxygen atoms in total. The lowest BCUT2D eigenvalue weighted by Gasteiger charge is -2.38. The number of hydrogen-bond donors (Lipinski definition) is 0. The molecule has 1 aromatic carbocycles. The predicted octanol–water partition coefficient (Wildman–Crippen LogP) is 4.65. The zero-order chi connectivity index (χ0) is 21.8. The first-order chi connectivity index (χ1) is 15.7. The molecule has 1 atom stereocenters. The van der Waals surface area contributed by atoms with Gasteiger partial charge < -0.3 is 9.64 Å². The van der Waals surface area contributed by atoms with Crippen molar-refractivity contribution in [2.75, 3.05) is 32.8 Å². The predicted molar refractivity (Wildman–Crippen MR) is 124 cm³/mol. The van der Waals surface area contributed by atoms with Gasteiger partial charge in [0, 0.05) is 44.0 Å². The van der Waals surface area contributed by atoms with Crippen LogP contribution >= 0.6 is 0 Å². The van der Waals surface area contributed by atoms with Gasteiger partial charge in [0.2, 0.25) is 0 Å². The number of benzene rings is 1. The van der Waals surface area contributed by atoms with Crippen LogP contribution in [-0.4, -0.2) is 64.5 Å². The van der Waals surface area contributed by atoms with E-state index < -0.39 is 0 Å². The molecule has 174 valence electrons. The molecular formula is C26H37FN4O. The van der Waals surface area contributed by atoms with Gasteiger partial charge in [-0.05, 0) is 81.8 Å². The fourth-order valence-electron chi connectivity index (χ4n) is 5.85. The highest BCUT2D eigenvalue weighted by atomic mass is 19.1. The third-order valence-corrected chi connectivity index (χ3v) is 7.63. The van der Waals surface area contributed by atoms with Crippen molar-refractivity contribution in [3.8, 4) is 5.69 Å². The van der Waals surface area contributed by atoms with E-state index in [9.17, 15) is 4.39 Å². The van der Waals surface area contributed by atoms with E-state index in [2.05, 4.69) is 21.1 Å². The molecular weight excluding hydrogens is 403 g/mol. The van der Waals surface area contributed by atoms with Gasteiger partial charge in [0.25, 0.3) is 0 Å². The van der Waals surface area contributed by atoms with Crippen molar-refractivity contribution in [1.29, 1.82) is 0 Å². The highest BCUT2D eigenvalue weighted by Gasteiger charge is 2.29. The summed E-state index contributed by atoms with van der Waals surface area (Å²) < 4.78 is 21.1. The average molecular weight is 441 g/mol. The lowest BCUT2D eigenvalue weighted by molar-refractivity contribution is 0.0540. The Morgan fingerprint density at radius 2 is 1.75 bits per heavy atom. The minimum Gasteiger partial charge on any atom is -0.377 e. The number of rotatable bonds is 8. The van der Waals surface area contributed by atoms with Crippen LogP contribution in [-0.2, 0) is 11.3 Å². The van der Waals surface area contributed by atoms with Crippen molar-refractivity contribution in [3.63, 3.8) is 0 Å². The van der Waals surface area contributed by atoms with E-state index in [0.29, 0.717) is 6.10 Å². The average Bonchev–Trinajstić information content (AvgIpc) is 3.58. The van der Waals surface area contributed by atoms with E-state index in [1.807, 2.05) is 10.9 Å². The molecule has 1 aromatic heterocycles. The molecule has 3 aliphatic rings. The molecule has 5 rings (SSSR count). The Kier molecular flexibility index (Phi) is 7.20. The Balaban J connectivity index is 1.20. The molecule has 1 saturated carbocycles. The van der Waals surface area contributed by atoms with Gasteiger partial charge in [0.15, 0.2) is 0 Å². The van der Waals surface area contributed by atoms with Gasteiger partial charge >= 0.3 is 0 Å². The fraction of sp³-hybridized carbons (Fsp3) is 0.654. The van der Waals surface area contributed by atoms with Crippen molar-refractivity contribution in [1.82, 2.24) is 19.6 Å². The lowest BCUT2D eigenvalue weighted by Crippen LogP contribution is -2.43. The van der Waals surface area contributed by atoms with Gasteiger partial charge in [-0.3, -0.25) is 4.90 Å². The zero-order valence-corrected chi connectivity index (χ0v) is 19.2. The largest absolute Gasteiger partial charge is 0.377 e. The molecule has 0 spiro atoms. The van der Waals surface area contributed by atoms with Crippen LogP contribution in [0, 0.1) is 11.7 Å². The summed E-state index contributed by atoms with van der Waals surface area (Å²) in [7, 11) is 0. The van der Waals surface area contributed by atoms with E-state index in [0.717, 1.165) is 43.9 Å². The van der Waals surface area contributed by atoms with Gasteiger partial charge in [-0.15, -0.1) is 0 Å². The molecule has 3 heterocycles. The van der Waals surface area contributed by atoms with E-state index in [1.165, 1.54) is 82.2 Å². The summed E-state index contributed by atoms with van der Waals surface area (Å²) in [6.45, 7) is 6.48. The van der Waals surface area contributed by atoms with E-state index >= 15 is 0 Å². The molecule has 3 fully saturated rings. The number of nitrogens with zero attached hydrogens (tertiary/aromatic N) is 4. The van der Waals surface area contributed by atoms with Crippen molar-refractivity contribution in [2.45, 2.75) is 70.1 Å². The number of piperidine rings is 1. The van der Waals surface area contributed by atoms with E-state index in [1.54, 1.807) is 12.1 Å². The van der Waals surface area contributed by atoms with Crippen LogP contribution in [0.5, 0.6) is 0 Å². The molecule has 2 aliphatic heterocycles. The summed E-state index contributed by atoms with van der Waals surface area (Å²) >= 11 is 0. The van der Waals surface area contributed by atoms with Crippen LogP contribution in [0.2, 0.25) is 0 Å². The summed E-state index contributed by atoms with van der Waals surface area (Å²) in [5, 5.41) is 4.53. The summed E-state index contributed by atoms with van der Waals surface area (Å²) in [5.74, 6) is 0.545.